The van der Waals surface area contributed by atoms with E-state index in [0.717, 1.165) is 67.2 Å². The standard InChI is InChI=1S/2C16H19O4P/c1-17-11-5-12(18-2)8-15(7-11)21-16-9-13(19-3)6-14(10-16)20-4;1-17-11-7-5-8-12(18-2)15(11)21-16-13(19-3)9-6-10-14(16)20-4/h2*5-10,21H,1-4H3. The zero-order valence-corrected chi connectivity index (χ0v) is 27.2. The first-order chi connectivity index (χ1) is 20.4. The Kier molecular flexibility index (Phi) is 12.9. The molecule has 0 aliphatic heterocycles. The van der Waals surface area contributed by atoms with Crippen LogP contribution in [0.15, 0.2) is 72.8 Å². The van der Waals surface area contributed by atoms with Crippen LogP contribution in [0.25, 0.3) is 0 Å². The molecule has 42 heavy (non-hydrogen) atoms. The summed E-state index contributed by atoms with van der Waals surface area (Å²) in [5, 5.41) is 4.23. The first kappa shape index (κ1) is 32.7. The minimum absolute atomic E-state index is 0.299. The van der Waals surface area contributed by atoms with E-state index in [1.807, 2.05) is 72.8 Å². The van der Waals surface area contributed by atoms with Crippen LogP contribution in [0.1, 0.15) is 0 Å². The second-order valence-electron chi connectivity index (χ2n) is 8.53. The third-order valence-electron chi connectivity index (χ3n) is 6.10. The molecule has 0 radical (unpaired) electrons. The van der Waals surface area contributed by atoms with E-state index >= 15 is 0 Å². The van der Waals surface area contributed by atoms with Gasteiger partial charge in [0, 0.05) is 12.1 Å². The quantitative estimate of drug-likeness (QED) is 0.213. The average molecular weight is 613 g/mol. The molecule has 0 unspecified atom stereocenters. The third kappa shape index (κ3) is 8.58. The number of ether oxygens (including phenoxy) is 8. The minimum atomic E-state index is 0.299. The van der Waals surface area contributed by atoms with Gasteiger partial charge in [0.05, 0.1) is 67.5 Å². The van der Waals surface area contributed by atoms with E-state index in [2.05, 4.69) is 0 Å². The molecule has 8 nitrogen and oxygen atoms in total. The second-order valence-corrected chi connectivity index (χ2v) is 11.2. The van der Waals surface area contributed by atoms with Gasteiger partial charge in [0.15, 0.2) is 0 Å². The van der Waals surface area contributed by atoms with Gasteiger partial charge in [-0.25, -0.2) is 0 Å². The highest BCUT2D eigenvalue weighted by molar-refractivity contribution is 7.56. The average Bonchev–Trinajstić information content (AvgIpc) is 3.04. The smallest absolute Gasteiger partial charge is 0.130 e. The highest BCUT2D eigenvalue weighted by atomic mass is 31.1. The molecule has 4 rings (SSSR count). The van der Waals surface area contributed by atoms with Crippen LogP contribution in [-0.4, -0.2) is 56.9 Å². The zero-order chi connectivity index (χ0) is 30.5. The zero-order valence-electron chi connectivity index (χ0n) is 25.2. The number of hydrogen-bond acceptors (Lipinski definition) is 8. The maximum atomic E-state index is 5.45. The van der Waals surface area contributed by atoms with Crippen LogP contribution in [0.5, 0.6) is 46.0 Å². The van der Waals surface area contributed by atoms with E-state index in [9.17, 15) is 0 Å². The maximum absolute atomic E-state index is 5.45. The lowest BCUT2D eigenvalue weighted by atomic mass is 10.3. The molecule has 0 bridgehead atoms. The topological polar surface area (TPSA) is 73.8 Å². The summed E-state index contributed by atoms with van der Waals surface area (Å²) in [6, 6.07) is 23.3. The van der Waals surface area contributed by atoms with Gasteiger partial charge in [-0.2, -0.15) is 0 Å². The van der Waals surface area contributed by atoms with Gasteiger partial charge < -0.3 is 37.9 Å². The summed E-state index contributed by atoms with van der Waals surface area (Å²) in [5.74, 6) is 6.31. The van der Waals surface area contributed by atoms with E-state index in [1.54, 1.807) is 56.9 Å². The molecule has 0 fully saturated rings. The highest BCUT2D eigenvalue weighted by Crippen LogP contribution is 2.33. The number of rotatable bonds is 12. The van der Waals surface area contributed by atoms with Gasteiger partial charge in [-0.15, -0.1) is 0 Å². The Bertz CT molecular complexity index is 1250. The summed E-state index contributed by atoms with van der Waals surface area (Å²) < 4.78 is 43.0. The number of methoxy groups -OCH3 is 8. The van der Waals surface area contributed by atoms with Crippen LogP contribution < -0.4 is 59.1 Å². The van der Waals surface area contributed by atoms with Crippen molar-refractivity contribution in [1.29, 1.82) is 0 Å². The summed E-state index contributed by atoms with van der Waals surface area (Å²) >= 11 is 0. The summed E-state index contributed by atoms with van der Waals surface area (Å²) in [6.45, 7) is 0. The lowest BCUT2D eigenvalue weighted by Crippen LogP contribution is -2.13. The van der Waals surface area contributed by atoms with Crippen molar-refractivity contribution in [1.82, 2.24) is 0 Å². The summed E-state index contributed by atoms with van der Waals surface area (Å²) in [5.41, 5.74) is 0. The second kappa shape index (κ2) is 16.5. The molecular weight excluding hydrogens is 574 g/mol. The molecule has 0 atom stereocenters. The lowest BCUT2D eigenvalue weighted by Gasteiger charge is -2.16. The van der Waals surface area contributed by atoms with Gasteiger partial charge in [0.1, 0.15) is 46.0 Å². The fourth-order valence-electron chi connectivity index (χ4n) is 4.00. The van der Waals surface area contributed by atoms with Crippen molar-refractivity contribution in [2.45, 2.75) is 0 Å². The van der Waals surface area contributed by atoms with Crippen molar-refractivity contribution >= 4 is 38.4 Å². The van der Waals surface area contributed by atoms with Gasteiger partial charge in [-0.05, 0) is 67.7 Å². The number of benzene rings is 4. The van der Waals surface area contributed by atoms with Crippen molar-refractivity contribution in [2.24, 2.45) is 0 Å². The molecule has 0 saturated heterocycles. The largest absolute Gasteiger partial charge is 0.497 e. The first-order valence-corrected chi connectivity index (χ1v) is 14.9. The molecule has 0 saturated carbocycles. The Morgan fingerprint density at radius 3 is 0.881 bits per heavy atom. The first-order valence-electron chi connectivity index (χ1n) is 12.9. The molecule has 0 aromatic heterocycles. The van der Waals surface area contributed by atoms with Gasteiger partial charge in [0.25, 0.3) is 0 Å². The normalized spacial score (nSPS) is 10.1. The predicted molar refractivity (Wildman–Crippen MR) is 173 cm³/mol. The van der Waals surface area contributed by atoms with E-state index < -0.39 is 0 Å². The van der Waals surface area contributed by atoms with E-state index in [1.165, 1.54) is 0 Å². The van der Waals surface area contributed by atoms with Gasteiger partial charge in [-0.3, -0.25) is 0 Å². The Hall–Kier alpha value is -3.86. The SMILES string of the molecule is COc1cc(OC)cc(Pc2cc(OC)cc(OC)c2)c1.COc1cccc(OC)c1Pc1c(OC)cccc1OC. The monoisotopic (exact) mass is 612 g/mol. The molecule has 0 spiro atoms. The molecular formula is C32H38O8P2. The van der Waals surface area contributed by atoms with Crippen LogP contribution in [0.3, 0.4) is 0 Å². The van der Waals surface area contributed by atoms with Crippen LogP contribution in [0, 0.1) is 0 Å². The van der Waals surface area contributed by atoms with Crippen molar-refractivity contribution in [3.63, 3.8) is 0 Å². The van der Waals surface area contributed by atoms with Crippen molar-refractivity contribution in [2.75, 3.05) is 56.9 Å². The van der Waals surface area contributed by atoms with Crippen molar-refractivity contribution in [3.05, 3.63) is 72.8 Å². The molecule has 0 heterocycles. The fraction of sp³-hybridized carbons (Fsp3) is 0.250. The lowest BCUT2D eigenvalue weighted by molar-refractivity contribution is 0.395. The molecule has 0 amide bonds. The van der Waals surface area contributed by atoms with Gasteiger partial charge in [-0.1, -0.05) is 20.7 Å². The van der Waals surface area contributed by atoms with Crippen LogP contribution in [0.2, 0.25) is 0 Å². The van der Waals surface area contributed by atoms with Gasteiger partial charge in [0.2, 0.25) is 0 Å². The molecule has 10 heteroatoms. The van der Waals surface area contributed by atoms with E-state index in [0.29, 0.717) is 17.2 Å². The summed E-state index contributed by atoms with van der Waals surface area (Å²) in [4.78, 5) is 0. The molecule has 0 N–H and O–H groups in total. The van der Waals surface area contributed by atoms with E-state index in [4.69, 9.17) is 37.9 Å². The highest BCUT2D eigenvalue weighted by Gasteiger charge is 2.17. The molecule has 0 aliphatic carbocycles. The van der Waals surface area contributed by atoms with Crippen molar-refractivity contribution < 1.29 is 37.9 Å². The minimum Gasteiger partial charge on any atom is -0.497 e. The summed E-state index contributed by atoms with van der Waals surface area (Å²) in [6.07, 6.45) is 0. The fourth-order valence-corrected chi connectivity index (χ4v) is 6.68. The molecule has 0 aliphatic rings. The Labute approximate surface area is 251 Å². The third-order valence-corrected chi connectivity index (χ3v) is 8.74. The van der Waals surface area contributed by atoms with Crippen LogP contribution >= 0.6 is 17.2 Å². The van der Waals surface area contributed by atoms with Crippen molar-refractivity contribution in [3.8, 4) is 46.0 Å². The summed E-state index contributed by atoms with van der Waals surface area (Å²) in [7, 11) is 14.0. The Balaban J connectivity index is 0.000000230. The molecule has 4 aromatic carbocycles. The van der Waals surface area contributed by atoms with Crippen LogP contribution in [-0.2, 0) is 0 Å². The predicted octanol–water partition coefficient (Wildman–Crippen LogP) is 4.70. The number of hydrogen-bond donors (Lipinski definition) is 0. The van der Waals surface area contributed by atoms with Crippen LogP contribution in [0.4, 0.5) is 0 Å². The molecule has 224 valence electrons. The Morgan fingerprint density at radius 1 is 0.357 bits per heavy atom. The maximum Gasteiger partial charge on any atom is 0.130 e. The Morgan fingerprint density at radius 2 is 0.643 bits per heavy atom. The van der Waals surface area contributed by atoms with Gasteiger partial charge >= 0.3 is 0 Å². The molecule has 4 aromatic rings. The van der Waals surface area contributed by atoms with E-state index in [-0.39, 0.29) is 0 Å².